The number of carbonyl (C=O) groups excluding carboxylic acids is 1. The summed E-state index contributed by atoms with van der Waals surface area (Å²) in [7, 11) is 0. The largest absolute Gasteiger partial charge is 0.574 e. The van der Waals surface area contributed by atoms with Crippen molar-refractivity contribution in [1.82, 2.24) is 29.5 Å². The van der Waals surface area contributed by atoms with Gasteiger partial charge in [0.2, 0.25) is 5.88 Å². The number of nitrogens with zero attached hydrogens (tertiary/aromatic N) is 6. The van der Waals surface area contributed by atoms with Crippen LogP contribution in [0.15, 0.2) is 42.9 Å². The predicted octanol–water partition coefficient (Wildman–Crippen LogP) is 3.21. The number of hydrogen-bond donors (Lipinski definition) is 1. The van der Waals surface area contributed by atoms with Crippen LogP contribution in [-0.2, 0) is 6.54 Å². The lowest BCUT2D eigenvalue weighted by Gasteiger charge is -2.22. The van der Waals surface area contributed by atoms with E-state index in [0.29, 0.717) is 46.1 Å². The van der Waals surface area contributed by atoms with Crippen LogP contribution in [0.3, 0.4) is 0 Å². The Bertz CT molecular complexity index is 1330. The number of anilines is 1. The van der Waals surface area contributed by atoms with Gasteiger partial charge in [0.1, 0.15) is 11.3 Å². The van der Waals surface area contributed by atoms with E-state index in [1.807, 2.05) is 0 Å². The molecular formula is C21H18F3N7O2. The number of hydrogen-bond acceptors (Lipinski definition) is 7. The second-order valence-electron chi connectivity index (χ2n) is 7.89. The molecule has 0 atom stereocenters. The first-order valence-corrected chi connectivity index (χ1v) is 10.2. The lowest BCUT2D eigenvalue weighted by Crippen LogP contribution is -2.33. The first-order chi connectivity index (χ1) is 15.8. The molecule has 3 aromatic heterocycles. The fourth-order valence-corrected chi connectivity index (χ4v) is 3.62. The third kappa shape index (κ3) is 4.49. The van der Waals surface area contributed by atoms with E-state index in [1.54, 1.807) is 40.0 Å². The van der Waals surface area contributed by atoms with Gasteiger partial charge in [-0.3, -0.25) is 9.20 Å². The molecule has 1 fully saturated rings. The highest BCUT2D eigenvalue weighted by atomic mass is 19.4. The average molecular weight is 457 g/mol. The SMILES string of the molecule is Nc1nc2ccc(C(=O)N(Cc3ccc(OC(F)(F)F)nn3)CC3CC3)cc2n2cncc12. The third-order valence-corrected chi connectivity index (χ3v) is 5.35. The number of fused-ring (bicyclic) bond motifs is 3. The van der Waals surface area contributed by atoms with Crippen molar-refractivity contribution < 1.29 is 22.7 Å². The minimum absolute atomic E-state index is 0.104. The van der Waals surface area contributed by atoms with E-state index in [0.717, 1.165) is 18.9 Å². The highest BCUT2D eigenvalue weighted by Gasteiger charge is 2.32. The smallest absolute Gasteiger partial charge is 0.386 e. The molecule has 0 radical (unpaired) electrons. The summed E-state index contributed by atoms with van der Waals surface area (Å²) in [6.45, 7) is 0.618. The van der Waals surface area contributed by atoms with Gasteiger partial charge >= 0.3 is 6.36 Å². The Kier molecular flexibility index (Phi) is 4.99. The highest BCUT2D eigenvalue weighted by Crippen LogP contribution is 2.31. The maximum Gasteiger partial charge on any atom is 0.574 e. The van der Waals surface area contributed by atoms with Crippen LogP contribution in [0.4, 0.5) is 19.0 Å². The molecule has 1 saturated carbocycles. The van der Waals surface area contributed by atoms with Crippen LogP contribution in [0.2, 0.25) is 0 Å². The lowest BCUT2D eigenvalue weighted by molar-refractivity contribution is -0.276. The fraction of sp³-hybridized carbons (Fsp3) is 0.286. The van der Waals surface area contributed by atoms with Crippen molar-refractivity contribution in [3.63, 3.8) is 0 Å². The summed E-state index contributed by atoms with van der Waals surface area (Å²) in [4.78, 5) is 23.5. The third-order valence-electron chi connectivity index (χ3n) is 5.35. The molecule has 9 nitrogen and oxygen atoms in total. The van der Waals surface area contributed by atoms with Crippen molar-refractivity contribution in [1.29, 1.82) is 0 Å². The van der Waals surface area contributed by atoms with Crippen molar-refractivity contribution in [2.24, 2.45) is 5.92 Å². The van der Waals surface area contributed by atoms with Gasteiger partial charge in [0.15, 0.2) is 0 Å². The summed E-state index contributed by atoms with van der Waals surface area (Å²) in [5.41, 5.74) is 8.71. The molecule has 12 heteroatoms. The number of benzene rings is 1. The molecule has 1 aliphatic carbocycles. The van der Waals surface area contributed by atoms with E-state index in [-0.39, 0.29) is 12.5 Å². The molecule has 0 unspecified atom stereocenters. The second kappa shape index (κ2) is 7.87. The van der Waals surface area contributed by atoms with Gasteiger partial charge in [-0.25, -0.2) is 9.97 Å². The summed E-state index contributed by atoms with van der Waals surface area (Å²) in [5.74, 6) is -0.161. The number of nitrogens with two attached hydrogens (primary N) is 1. The molecule has 3 heterocycles. The molecule has 1 aromatic carbocycles. The normalized spacial score (nSPS) is 14.0. The molecule has 5 rings (SSSR count). The number of nitrogen functional groups attached to an aromatic ring is 1. The van der Waals surface area contributed by atoms with Gasteiger partial charge in [-0.1, -0.05) is 0 Å². The van der Waals surface area contributed by atoms with Gasteiger partial charge < -0.3 is 15.4 Å². The van der Waals surface area contributed by atoms with Crippen LogP contribution in [-0.4, -0.2) is 48.3 Å². The molecule has 33 heavy (non-hydrogen) atoms. The van der Waals surface area contributed by atoms with E-state index in [4.69, 9.17) is 5.73 Å². The van der Waals surface area contributed by atoms with Crippen LogP contribution < -0.4 is 10.5 Å². The van der Waals surface area contributed by atoms with Crippen LogP contribution >= 0.6 is 0 Å². The first-order valence-electron chi connectivity index (χ1n) is 10.2. The van der Waals surface area contributed by atoms with E-state index < -0.39 is 12.2 Å². The van der Waals surface area contributed by atoms with E-state index in [9.17, 15) is 18.0 Å². The number of rotatable bonds is 6. The van der Waals surface area contributed by atoms with Crippen LogP contribution in [0.1, 0.15) is 28.9 Å². The standard InChI is InChI=1S/C21H18F3N7O2/c22-21(23,24)33-18-6-4-14(28-29-18)10-30(9-12-1-2-12)20(32)13-3-5-15-16(7-13)31-11-26-8-17(31)19(25)27-15/h3-8,11-12H,1-2,9-10H2,(H2,25,27). The Labute approximate surface area is 185 Å². The van der Waals surface area contributed by atoms with Crippen molar-refractivity contribution in [2.45, 2.75) is 25.7 Å². The van der Waals surface area contributed by atoms with Crippen LogP contribution in [0.25, 0.3) is 16.6 Å². The Morgan fingerprint density at radius 1 is 1.18 bits per heavy atom. The van der Waals surface area contributed by atoms with Crippen molar-refractivity contribution in [3.8, 4) is 5.88 Å². The van der Waals surface area contributed by atoms with Crippen molar-refractivity contribution in [3.05, 3.63) is 54.1 Å². The first kappa shape index (κ1) is 20.9. The molecule has 0 spiro atoms. The van der Waals surface area contributed by atoms with Crippen molar-refractivity contribution >= 4 is 28.3 Å². The molecule has 0 saturated heterocycles. The summed E-state index contributed by atoms with van der Waals surface area (Å²) < 4.78 is 42.6. The number of alkyl halides is 3. The zero-order valence-electron chi connectivity index (χ0n) is 17.2. The summed E-state index contributed by atoms with van der Waals surface area (Å²) >= 11 is 0. The summed E-state index contributed by atoms with van der Waals surface area (Å²) in [5, 5.41) is 7.26. The molecular weight excluding hydrogens is 439 g/mol. The topological polar surface area (TPSA) is 112 Å². The predicted molar refractivity (Wildman–Crippen MR) is 111 cm³/mol. The average Bonchev–Trinajstić information content (AvgIpc) is 3.44. The van der Waals surface area contributed by atoms with E-state index >= 15 is 0 Å². The van der Waals surface area contributed by atoms with Crippen LogP contribution in [0, 0.1) is 5.92 Å². The van der Waals surface area contributed by atoms with Crippen LogP contribution in [0.5, 0.6) is 5.88 Å². The maximum absolute atomic E-state index is 13.4. The minimum atomic E-state index is -4.85. The van der Waals surface area contributed by atoms with Gasteiger partial charge in [-0.15, -0.1) is 23.4 Å². The van der Waals surface area contributed by atoms with E-state index in [2.05, 4.69) is 24.9 Å². The Morgan fingerprint density at radius 3 is 2.70 bits per heavy atom. The second-order valence-corrected chi connectivity index (χ2v) is 7.89. The minimum Gasteiger partial charge on any atom is -0.386 e. The maximum atomic E-state index is 13.4. The lowest BCUT2D eigenvalue weighted by atomic mass is 10.1. The van der Waals surface area contributed by atoms with Gasteiger partial charge in [-0.2, -0.15) is 0 Å². The zero-order chi connectivity index (χ0) is 23.2. The molecule has 4 aromatic rings. The molecule has 2 N–H and O–H groups in total. The summed E-state index contributed by atoms with van der Waals surface area (Å²) in [6, 6.07) is 7.56. The number of imidazole rings is 1. The molecule has 1 amide bonds. The van der Waals surface area contributed by atoms with Gasteiger partial charge in [0.25, 0.3) is 5.91 Å². The Balaban J connectivity index is 1.42. The Morgan fingerprint density at radius 2 is 2.00 bits per heavy atom. The molecule has 1 aliphatic rings. The Hall–Kier alpha value is -3.96. The fourth-order valence-electron chi connectivity index (χ4n) is 3.62. The van der Waals surface area contributed by atoms with Crippen molar-refractivity contribution in [2.75, 3.05) is 12.3 Å². The van der Waals surface area contributed by atoms with Gasteiger partial charge in [0, 0.05) is 18.2 Å². The summed E-state index contributed by atoms with van der Waals surface area (Å²) in [6.07, 6.45) is 0.391. The number of amides is 1. The molecule has 0 bridgehead atoms. The monoisotopic (exact) mass is 457 g/mol. The number of halogens is 3. The van der Waals surface area contributed by atoms with E-state index in [1.165, 1.54) is 6.07 Å². The van der Waals surface area contributed by atoms with Gasteiger partial charge in [0.05, 0.1) is 35.8 Å². The molecule has 0 aliphatic heterocycles. The molecule has 170 valence electrons. The number of carbonyl (C=O) groups is 1. The quantitative estimate of drug-likeness (QED) is 0.473. The highest BCUT2D eigenvalue weighted by molar-refractivity contribution is 5.98. The number of aromatic nitrogens is 5. The van der Waals surface area contributed by atoms with Gasteiger partial charge in [-0.05, 0) is 43.0 Å². The zero-order valence-corrected chi connectivity index (χ0v) is 17.2. The number of ether oxygens (including phenoxy) is 1.